The number of amides is 1. The number of halogens is 3. The second-order valence-electron chi connectivity index (χ2n) is 5.53. The zero-order valence-corrected chi connectivity index (χ0v) is 15.1. The summed E-state index contributed by atoms with van der Waals surface area (Å²) in [6.45, 7) is -1.06. The molecule has 0 fully saturated rings. The highest BCUT2D eigenvalue weighted by Gasteiger charge is 2.30. The van der Waals surface area contributed by atoms with Crippen LogP contribution >= 0.6 is 0 Å². The molecular weight excluding hydrogens is 395 g/mol. The average molecular weight is 411 g/mol. The minimum Gasteiger partial charge on any atom is -0.468 e. The Morgan fingerprint density at radius 1 is 1.14 bits per heavy atom. The van der Waals surface area contributed by atoms with Gasteiger partial charge < -0.3 is 20.1 Å². The van der Waals surface area contributed by atoms with E-state index in [9.17, 15) is 27.6 Å². The van der Waals surface area contributed by atoms with Crippen LogP contribution in [0.3, 0.4) is 0 Å². The van der Waals surface area contributed by atoms with Crippen LogP contribution in [0.4, 0.5) is 24.7 Å². The van der Waals surface area contributed by atoms with Crippen LogP contribution in [0, 0.1) is 0 Å². The molecule has 1 heterocycles. The fourth-order valence-corrected chi connectivity index (χ4v) is 2.08. The van der Waals surface area contributed by atoms with Gasteiger partial charge in [0.2, 0.25) is 0 Å². The highest BCUT2D eigenvalue weighted by Crippen LogP contribution is 2.31. The van der Waals surface area contributed by atoms with Gasteiger partial charge in [-0.1, -0.05) is 6.07 Å². The van der Waals surface area contributed by atoms with E-state index < -0.39 is 36.2 Å². The summed E-state index contributed by atoms with van der Waals surface area (Å²) >= 11 is 0. The molecular formula is C18H16F3N3O5. The molecule has 11 heteroatoms. The van der Waals surface area contributed by atoms with Crippen LogP contribution in [0.25, 0.3) is 0 Å². The van der Waals surface area contributed by atoms with Gasteiger partial charge in [0.15, 0.2) is 6.61 Å². The third kappa shape index (κ3) is 6.48. The molecule has 8 nitrogen and oxygen atoms in total. The first-order valence-corrected chi connectivity index (χ1v) is 8.10. The summed E-state index contributed by atoms with van der Waals surface area (Å²) in [4.78, 5) is 38.7. The fourth-order valence-electron chi connectivity index (χ4n) is 2.08. The number of hydrogen-bond acceptors (Lipinski definition) is 7. The van der Waals surface area contributed by atoms with Gasteiger partial charge in [-0.15, -0.1) is 0 Å². The summed E-state index contributed by atoms with van der Waals surface area (Å²) in [5.41, 5.74) is -0.904. The zero-order chi connectivity index (χ0) is 21.4. The third-order valence-corrected chi connectivity index (χ3v) is 3.47. The Bertz CT molecular complexity index is 902. The van der Waals surface area contributed by atoms with Crippen LogP contribution in [-0.4, -0.2) is 43.1 Å². The standard InChI is InChI=1S/C18H16F3N3O5/c1-28-15(26)9-23-14(25)10-29-17(27)13-6-3-7-22-16(13)24-12-5-2-4-11(8-12)18(19,20)21/h2-8H,9-10H2,1H3,(H,22,24)(H,23,25). The number of rotatable bonds is 7. The minimum absolute atomic E-state index is 0.0493. The van der Waals surface area contributed by atoms with E-state index in [1.165, 1.54) is 30.5 Å². The van der Waals surface area contributed by atoms with Gasteiger partial charge in [-0.3, -0.25) is 9.59 Å². The molecule has 0 unspecified atom stereocenters. The van der Waals surface area contributed by atoms with Crippen molar-refractivity contribution in [2.75, 3.05) is 25.6 Å². The minimum atomic E-state index is -4.53. The molecule has 0 aliphatic rings. The Labute approximate surface area is 163 Å². The van der Waals surface area contributed by atoms with Crippen LogP contribution in [0.15, 0.2) is 42.6 Å². The predicted octanol–water partition coefficient (Wildman–Crippen LogP) is 2.29. The summed E-state index contributed by atoms with van der Waals surface area (Å²) in [5.74, 6) is -2.39. The van der Waals surface area contributed by atoms with Crippen LogP contribution < -0.4 is 10.6 Å². The maximum Gasteiger partial charge on any atom is 0.416 e. The van der Waals surface area contributed by atoms with E-state index in [-0.39, 0.29) is 23.6 Å². The molecule has 0 aliphatic heterocycles. The molecule has 0 bridgehead atoms. The van der Waals surface area contributed by atoms with Crippen molar-refractivity contribution in [2.45, 2.75) is 6.18 Å². The lowest BCUT2D eigenvalue weighted by Gasteiger charge is -2.12. The number of esters is 2. The first-order valence-electron chi connectivity index (χ1n) is 8.10. The predicted molar refractivity (Wildman–Crippen MR) is 94.3 cm³/mol. The number of benzene rings is 1. The summed E-state index contributed by atoms with van der Waals surface area (Å²) < 4.78 is 47.7. The van der Waals surface area contributed by atoms with E-state index in [4.69, 9.17) is 4.74 Å². The maximum absolute atomic E-state index is 12.8. The Morgan fingerprint density at radius 3 is 2.59 bits per heavy atom. The number of aromatic nitrogens is 1. The summed E-state index contributed by atoms with van der Waals surface area (Å²) in [7, 11) is 1.15. The van der Waals surface area contributed by atoms with Gasteiger partial charge in [0, 0.05) is 11.9 Å². The average Bonchev–Trinajstić information content (AvgIpc) is 2.70. The number of nitrogens with zero attached hydrogens (tertiary/aromatic N) is 1. The van der Waals surface area contributed by atoms with Crippen LogP contribution in [-0.2, 0) is 25.2 Å². The molecule has 29 heavy (non-hydrogen) atoms. The van der Waals surface area contributed by atoms with Crippen LogP contribution in [0.1, 0.15) is 15.9 Å². The van der Waals surface area contributed by atoms with Crippen molar-refractivity contribution in [1.29, 1.82) is 0 Å². The highest BCUT2D eigenvalue weighted by atomic mass is 19.4. The Kier molecular flexibility index (Phi) is 7.12. The first kappa shape index (κ1) is 21.7. The molecule has 2 N–H and O–H groups in total. The lowest BCUT2D eigenvalue weighted by molar-refractivity contribution is -0.141. The summed E-state index contributed by atoms with van der Waals surface area (Å²) in [6, 6.07) is 7.11. The van der Waals surface area contributed by atoms with Crippen molar-refractivity contribution in [3.8, 4) is 0 Å². The molecule has 1 amide bonds. The van der Waals surface area contributed by atoms with E-state index in [1.54, 1.807) is 0 Å². The molecule has 154 valence electrons. The van der Waals surface area contributed by atoms with Gasteiger partial charge in [-0.25, -0.2) is 9.78 Å². The largest absolute Gasteiger partial charge is 0.468 e. The van der Waals surface area contributed by atoms with Crippen molar-refractivity contribution in [1.82, 2.24) is 10.3 Å². The van der Waals surface area contributed by atoms with Gasteiger partial charge in [-0.05, 0) is 30.3 Å². The number of carbonyl (C=O) groups is 3. The number of pyridine rings is 1. The first-order chi connectivity index (χ1) is 13.7. The highest BCUT2D eigenvalue weighted by molar-refractivity contribution is 5.96. The zero-order valence-electron chi connectivity index (χ0n) is 15.1. The molecule has 1 aromatic heterocycles. The normalized spacial score (nSPS) is 10.8. The molecule has 2 aromatic rings. The van der Waals surface area contributed by atoms with E-state index in [0.717, 1.165) is 19.2 Å². The lowest BCUT2D eigenvalue weighted by atomic mass is 10.2. The molecule has 0 spiro atoms. The summed E-state index contributed by atoms with van der Waals surface area (Å²) in [5, 5.41) is 4.81. The number of ether oxygens (including phenoxy) is 2. The molecule has 0 saturated heterocycles. The number of alkyl halides is 3. The maximum atomic E-state index is 12.8. The van der Waals surface area contributed by atoms with E-state index in [2.05, 4.69) is 20.4 Å². The second kappa shape index (κ2) is 9.53. The van der Waals surface area contributed by atoms with Crippen molar-refractivity contribution in [3.63, 3.8) is 0 Å². The van der Waals surface area contributed by atoms with Crippen molar-refractivity contribution < 1.29 is 37.0 Å². The SMILES string of the molecule is COC(=O)CNC(=O)COC(=O)c1cccnc1Nc1cccc(C(F)(F)F)c1. The number of carbonyl (C=O) groups excluding carboxylic acids is 3. The Balaban J connectivity index is 2.06. The van der Waals surface area contributed by atoms with Gasteiger partial charge in [0.25, 0.3) is 5.91 Å². The molecule has 2 rings (SSSR count). The van der Waals surface area contributed by atoms with Crippen molar-refractivity contribution >= 4 is 29.4 Å². The number of anilines is 2. The molecule has 0 atom stereocenters. The molecule has 0 saturated carbocycles. The number of hydrogen-bond donors (Lipinski definition) is 2. The topological polar surface area (TPSA) is 107 Å². The second-order valence-corrected chi connectivity index (χ2v) is 5.53. The van der Waals surface area contributed by atoms with Crippen LogP contribution in [0.2, 0.25) is 0 Å². The Morgan fingerprint density at radius 2 is 1.90 bits per heavy atom. The number of methoxy groups -OCH3 is 1. The monoisotopic (exact) mass is 411 g/mol. The molecule has 1 aromatic carbocycles. The van der Waals surface area contributed by atoms with Gasteiger partial charge in [0.1, 0.15) is 17.9 Å². The van der Waals surface area contributed by atoms with Gasteiger partial charge in [-0.2, -0.15) is 13.2 Å². The summed E-state index contributed by atoms with van der Waals surface area (Å²) in [6.07, 6.45) is -3.20. The molecule has 0 aliphatic carbocycles. The lowest BCUT2D eigenvalue weighted by Crippen LogP contribution is -2.33. The fraction of sp³-hybridized carbons (Fsp3) is 0.222. The number of nitrogens with one attached hydrogen (secondary N) is 2. The van der Waals surface area contributed by atoms with Crippen molar-refractivity contribution in [3.05, 3.63) is 53.7 Å². The van der Waals surface area contributed by atoms with E-state index >= 15 is 0 Å². The van der Waals surface area contributed by atoms with Gasteiger partial charge in [0.05, 0.1) is 12.7 Å². The third-order valence-electron chi connectivity index (χ3n) is 3.47. The molecule has 0 radical (unpaired) electrons. The Hall–Kier alpha value is -3.63. The quantitative estimate of drug-likeness (QED) is 0.674. The van der Waals surface area contributed by atoms with E-state index in [1.807, 2.05) is 0 Å². The van der Waals surface area contributed by atoms with Crippen LogP contribution in [0.5, 0.6) is 0 Å². The smallest absolute Gasteiger partial charge is 0.416 e. The van der Waals surface area contributed by atoms with Gasteiger partial charge >= 0.3 is 18.1 Å². The van der Waals surface area contributed by atoms with Crippen molar-refractivity contribution in [2.24, 2.45) is 0 Å². The van der Waals surface area contributed by atoms with E-state index in [0.29, 0.717) is 0 Å².